The molecule has 2 amide bonds. The predicted octanol–water partition coefficient (Wildman–Crippen LogP) is 3.07. The van der Waals surface area contributed by atoms with Crippen LogP contribution in [0.3, 0.4) is 0 Å². The fourth-order valence-corrected chi connectivity index (χ4v) is 3.63. The molecule has 2 rings (SSSR count). The van der Waals surface area contributed by atoms with E-state index in [0.29, 0.717) is 17.2 Å². The first kappa shape index (κ1) is 14.8. The Bertz CT molecular complexity index is 511. The second kappa shape index (κ2) is 6.74. The van der Waals surface area contributed by atoms with Gasteiger partial charge in [0.05, 0.1) is 12.2 Å². The maximum Gasteiger partial charge on any atom is 0.412 e. The summed E-state index contributed by atoms with van der Waals surface area (Å²) in [5, 5.41) is 3.20. The van der Waals surface area contributed by atoms with Crippen molar-refractivity contribution in [1.82, 2.24) is 0 Å². The highest BCUT2D eigenvalue weighted by atomic mass is 32.1. The maximum atomic E-state index is 11.7. The van der Waals surface area contributed by atoms with E-state index in [4.69, 9.17) is 10.5 Å². The molecule has 5 nitrogen and oxygen atoms in total. The number of anilines is 1. The second-order valence-corrected chi connectivity index (χ2v) is 6.00. The van der Waals surface area contributed by atoms with Crippen LogP contribution in [-0.4, -0.2) is 18.6 Å². The smallest absolute Gasteiger partial charge is 0.412 e. The van der Waals surface area contributed by atoms with Crippen LogP contribution in [0, 0.1) is 0 Å². The predicted molar refractivity (Wildman–Crippen MR) is 79.4 cm³/mol. The molecule has 6 heteroatoms. The quantitative estimate of drug-likeness (QED) is 0.819. The summed E-state index contributed by atoms with van der Waals surface area (Å²) in [6, 6.07) is 0. The number of fused-ring (bicyclic) bond motifs is 1. The third-order valence-corrected chi connectivity index (χ3v) is 4.57. The molecule has 1 aliphatic rings. The van der Waals surface area contributed by atoms with Gasteiger partial charge in [-0.05, 0) is 37.7 Å². The molecule has 0 saturated carbocycles. The fraction of sp³-hybridized carbons (Fsp3) is 0.571. The summed E-state index contributed by atoms with van der Waals surface area (Å²) < 4.78 is 5.06. The van der Waals surface area contributed by atoms with Crippen LogP contribution in [0.2, 0.25) is 0 Å². The summed E-state index contributed by atoms with van der Waals surface area (Å²) in [6.45, 7) is 2.42. The fourth-order valence-electron chi connectivity index (χ4n) is 2.35. The minimum Gasteiger partial charge on any atom is -0.449 e. The second-order valence-electron chi connectivity index (χ2n) is 4.89. The molecular formula is C14H20N2O3S. The van der Waals surface area contributed by atoms with Crippen molar-refractivity contribution < 1.29 is 14.3 Å². The highest BCUT2D eigenvalue weighted by molar-refractivity contribution is 7.17. The van der Waals surface area contributed by atoms with Gasteiger partial charge >= 0.3 is 6.09 Å². The molecule has 1 heterocycles. The lowest BCUT2D eigenvalue weighted by Gasteiger charge is -2.11. The normalized spacial score (nSPS) is 13.7. The number of nitrogens with two attached hydrogens (primary N) is 1. The van der Waals surface area contributed by atoms with E-state index in [-0.39, 0.29) is 0 Å². The van der Waals surface area contributed by atoms with Crippen molar-refractivity contribution in [3.63, 3.8) is 0 Å². The minimum absolute atomic E-state index is 0.388. The Hall–Kier alpha value is -1.56. The number of hydrogen-bond donors (Lipinski definition) is 2. The van der Waals surface area contributed by atoms with Crippen molar-refractivity contribution >= 4 is 28.3 Å². The first-order chi connectivity index (χ1) is 9.63. The molecule has 0 unspecified atom stereocenters. The molecule has 0 atom stereocenters. The third kappa shape index (κ3) is 3.30. The summed E-state index contributed by atoms with van der Waals surface area (Å²) >= 11 is 1.45. The molecule has 3 N–H and O–H groups in total. The molecule has 20 heavy (non-hydrogen) atoms. The van der Waals surface area contributed by atoms with Crippen LogP contribution in [0.1, 0.15) is 53.4 Å². The van der Waals surface area contributed by atoms with E-state index < -0.39 is 12.0 Å². The summed E-state index contributed by atoms with van der Waals surface area (Å²) in [6.07, 6.45) is 5.27. The van der Waals surface area contributed by atoms with Gasteiger partial charge in [-0.25, -0.2) is 4.79 Å². The largest absolute Gasteiger partial charge is 0.449 e. The van der Waals surface area contributed by atoms with E-state index in [1.807, 2.05) is 6.92 Å². The Morgan fingerprint density at radius 1 is 1.35 bits per heavy atom. The third-order valence-electron chi connectivity index (χ3n) is 3.36. The molecule has 1 aromatic rings. The van der Waals surface area contributed by atoms with Crippen LogP contribution >= 0.6 is 11.3 Å². The molecule has 0 bridgehead atoms. The Balaban J connectivity index is 2.12. The first-order valence-electron chi connectivity index (χ1n) is 7.01. The van der Waals surface area contributed by atoms with Crippen molar-refractivity contribution in [2.45, 2.75) is 45.4 Å². The molecule has 0 spiro atoms. The van der Waals surface area contributed by atoms with Crippen molar-refractivity contribution in [3.8, 4) is 0 Å². The van der Waals surface area contributed by atoms with E-state index in [1.165, 1.54) is 11.3 Å². The van der Waals surface area contributed by atoms with Crippen molar-refractivity contribution in [1.29, 1.82) is 0 Å². The molecule has 0 fully saturated rings. The number of ether oxygens (including phenoxy) is 1. The van der Waals surface area contributed by atoms with Gasteiger partial charge in [-0.3, -0.25) is 10.1 Å². The van der Waals surface area contributed by atoms with Crippen LogP contribution < -0.4 is 11.1 Å². The van der Waals surface area contributed by atoms with Crippen molar-refractivity contribution in [2.24, 2.45) is 5.73 Å². The molecule has 0 saturated heterocycles. The van der Waals surface area contributed by atoms with Gasteiger partial charge in [0.1, 0.15) is 5.00 Å². The Labute approximate surface area is 122 Å². The Morgan fingerprint density at radius 3 is 2.80 bits per heavy atom. The monoisotopic (exact) mass is 296 g/mol. The van der Waals surface area contributed by atoms with Crippen LogP contribution in [0.4, 0.5) is 9.80 Å². The average Bonchev–Trinajstić information content (AvgIpc) is 2.76. The maximum absolute atomic E-state index is 11.7. The molecule has 1 aromatic heterocycles. The van der Waals surface area contributed by atoms with E-state index in [9.17, 15) is 9.59 Å². The number of carbonyl (C=O) groups excluding carboxylic acids is 2. The number of rotatable bonds is 5. The van der Waals surface area contributed by atoms with E-state index in [1.54, 1.807) is 0 Å². The lowest BCUT2D eigenvalue weighted by Crippen LogP contribution is -2.19. The number of primary amides is 1. The van der Waals surface area contributed by atoms with E-state index >= 15 is 0 Å². The molecule has 110 valence electrons. The van der Waals surface area contributed by atoms with Crippen molar-refractivity contribution in [3.05, 3.63) is 16.0 Å². The number of thiophene rings is 1. The first-order valence-corrected chi connectivity index (χ1v) is 7.83. The zero-order valence-corrected chi connectivity index (χ0v) is 12.5. The van der Waals surface area contributed by atoms with E-state index in [0.717, 1.165) is 49.0 Å². The summed E-state index contributed by atoms with van der Waals surface area (Å²) in [5.41, 5.74) is 6.94. The SMILES string of the molecule is CCCCOC(=O)Nc1sc2c(c1C(N)=O)CCCC2. The molecule has 0 aliphatic heterocycles. The number of carbonyl (C=O) groups is 2. The summed E-state index contributed by atoms with van der Waals surface area (Å²) in [7, 11) is 0. The van der Waals surface area contributed by atoms with Gasteiger partial charge in [-0.2, -0.15) is 0 Å². The number of amides is 2. The number of hydrogen-bond acceptors (Lipinski definition) is 4. The lowest BCUT2D eigenvalue weighted by atomic mass is 9.95. The van der Waals surface area contributed by atoms with Crippen LogP contribution in [0.25, 0.3) is 0 Å². The molecule has 0 radical (unpaired) electrons. The number of aryl methyl sites for hydroxylation is 1. The Morgan fingerprint density at radius 2 is 2.10 bits per heavy atom. The zero-order chi connectivity index (χ0) is 14.5. The van der Waals surface area contributed by atoms with Gasteiger partial charge in [0.2, 0.25) is 0 Å². The average molecular weight is 296 g/mol. The summed E-state index contributed by atoms with van der Waals surface area (Å²) in [5.74, 6) is -0.478. The number of unbranched alkanes of at least 4 members (excludes halogenated alkanes) is 1. The number of nitrogens with one attached hydrogen (secondary N) is 1. The lowest BCUT2D eigenvalue weighted by molar-refractivity contribution is 0.100. The van der Waals surface area contributed by atoms with Crippen molar-refractivity contribution in [2.75, 3.05) is 11.9 Å². The van der Waals surface area contributed by atoms with Gasteiger partial charge in [0.25, 0.3) is 5.91 Å². The van der Waals surface area contributed by atoms with Gasteiger partial charge in [-0.1, -0.05) is 13.3 Å². The topological polar surface area (TPSA) is 81.4 Å². The molecule has 0 aromatic carbocycles. The highest BCUT2D eigenvalue weighted by Gasteiger charge is 2.25. The Kier molecular flexibility index (Phi) is 5.00. The summed E-state index contributed by atoms with van der Waals surface area (Å²) in [4.78, 5) is 24.5. The minimum atomic E-state index is -0.514. The molecule has 1 aliphatic carbocycles. The van der Waals surface area contributed by atoms with Crippen LogP contribution in [-0.2, 0) is 17.6 Å². The van der Waals surface area contributed by atoms with E-state index in [2.05, 4.69) is 5.32 Å². The zero-order valence-electron chi connectivity index (χ0n) is 11.7. The van der Waals surface area contributed by atoms with Gasteiger partial charge in [0, 0.05) is 4.88 Å². The van der Waals surface area contributed by atoms with Gasteiger partial charge in [-0.15, -0.1) is 11.3 Å². The standard InChI is InChI=1S/C14H20N2O3S/c1-2-3-8-19-14(18)16-13-11(12(15)17)9-6-4-5-7-10(9)20-13/h2-8H2,1H3,(H2,15,17)(H,16,18). The van der Waals surface area contributed by atoms with Gasteiger partial charge in [0.15, 0.2) is 0 Å². The highest BCUT2D eigenvalue weighted by Crippen LogP contribution is 2.37. The molecular weight excluding hydrogens is 276 g/mol. The van der Waals surface area contributed by atoms with Gasteiger partial charge < -0.3 is 10.5 Å². The van der Waals surface area contributed by atoms with Crippen LogP contribution in [0.15, 0.2) is 0 Å². The van der Waals surface area contributed by atoms with Crippen LogP contribution in [0.5, 0.6) is 0 Å².